The molecule has 112 valence electrons. The number of hydrogen-bond acceptors (Lipinski definition) is 1. The van der Waals surface area contributed by atoms with Gasteiger partial charge < -0.3 is 5.32 Å². The molecular weight excluding hydrogens is 308 g/mol. The minimum Gasteiger partial charge on any atom is -0.314 e. The van der Waals surface area contributed by atoms with Crippen LogP contribution in [0.25, 0.3) is 0 Å². The quantitative estimate of drug-likeness (QED) is 0.796. The van der Waals surface area contributed by atoms with Crippen LogP contribution < -0.4 is 5.32 Å². The van der Waals surface area contributed by atoms with Crippen LogP contribution in [0.5, 0.6) is 0 Å². The summed E-state index contributed by atoms with van der Waals surface area (Å²) in [5.74, 6) is -0.164. The molecule has 0 amide bonds. The topological polar surface area (TPSA) is 12.0 Å². The summed E-state index contributed by atoms with van der Waals surface area (Å²) in [6.07, 6.45) is 1.36. The Morgan fingerprint density at radius 2 is 1.76 bits per heavy atom. The van der Waals surface area contributed by atoms with E-state index in [0.29, 0.717) is 22.0 Å². The number of halogens is 3. The smallest absolute Gasteiger partial charge is 0.126 e. The molecule has 0 heterocycles. The highest BCUT2D eigenvalue weighted by Gasteiger charge is 2.14. The average Bonchev–Trinajstić information content (AvgIpc) is 2.44. The standard InChI is InChI=1S/C17H18Cl2FN/c1-2-21-15(10-13-5-3-4-6-17(13)20)9-12-7-8-14(18)11-16(12)19/h3-8,11,15,21H,2,9-10H2,1H3. The first-order valence-corrected chi connectivity index (χ1v) is 7.76. The van der Waals surface area contributed by atoms with E-state index >= 15 is 0 Å². The van der Waals surface area contributed by atoms with Gasteiger partial charge in [-0.25, -0.2) is 4.39 Å². The second kappa shape index (κ2) is 7.79. The molecule has 0 aliphatic carbocycles. The molecule has 1 N–H and O–H groups in total. The molecule has 0 aromatic heterocycles. The van der Waals surface area contributed by atoms with Crippen molar-refractivity contribution in [2.24, 2.45) is 0 Å². The van der Waals surface area contributed by atoms with E-state index in [1.165, 1.54) is 6.07 Å². The first kappa shape index (κ1) is 16.3. The van der Waals surface area contributed by atoms with Crippen LogP contribution in [0.4, 0.5) is 4.39 Å². The summed E-state index contributed by atoms with van der Waals surface area (Å²) < 4.78 is 13.8. The third kappa shape index (κ3) is 4.70. The SMILES string of the molecule is CCNC(Cc1ccccc1F)Cc1ccc(Cl)cc1Cl. The Balaban J connectivity index is 2.14. The Hall–Kier alpha value is -1.09. The molecule has 0 aliphatic rings. The molecule has 2 aromatic rings. The highest BCUT2D eigenvalue weighted by Crippen LogP contribution is 2.23. The highest BCUT2D eigenvalue weighted by molar-refractivity contribution is 6.35. The Kier molecular flexibility index (Phi) is 6.04. The average molecular weight is 326 g/mol. The number of nitrogens with one attached hydrogen (secondary N) is 1. The molecule has 0 saturated carbocycles. The molecule has 0 radical (unpaired) electrons. The van der Waals surface area contributed by atoms with Gasteiger partial charge in [0.25, 0.3) is 0 Å². The van der Waals surface area contributed by atoms with Crippen molar-refractivity contribution in [1.82, 2.24) is 5.32 Å². The zero-order valence-corrected chi connectivity index (χ0v) is 13.4. The molecule has 1 atom stereocenters. The van der Waals surface area contributed by atoms with Crippen LogP contribution in [-0.2, 0) is 12.8 Å². The first-order valence-electron chi connectivity index (χ1n) is 7.01. The van der Waals surface area contributed by atoms with Crippen LogP contribution in [0.1, 0.15) is 18.1 Å². The predicted octanol–water partition coefficient (Wildman–Crippen LogP) is 4.90. The van der Waals surface area contributed by atoms with Gasteiger partial charge in [-0.2, -0.15) is 0 Å². The zero-order chi connectivity index (χ0) is 15.2. The molecule has 21 heavy (non-hydrogen) atoms. The number of rotatable bonds is 6. The molecule has 0 bridgehead atoms. The Morgan fingerprint density at radius 3 is 2.43 bits per heavy atom. The minimum atomic E-state index is -0.164. The highest BCUT2D eigenvalue weighted by atomic mass is 35.5. The van der Waals surface area contributed by atoms with Crippen molar-refractivity contribution < 1.29 is 4.39 Å². The van der Waals surface area contributed by atoms with Gasteiger partial charge in [0.05, 0.1) is 0 Å². The van der Waals surface area contributed by atoms with Crippen molar-refractivity contribution in [3.63, 3.8) is 0 Å². The summed E-state index contributed by atoms with van der Waals surface area (Å²) in [6.45, 7) is 2.86. The van der Waals surface area contributed by atoms with E-state index in [2.05, 4.69) is 5.32 Å². The third-order valence-electron chi connectivity index (χ3n) is 3.40. The summed E-state index contributed by atoms with van der Waals surface area (Å²) in [4.78, 5) is 0. The summed E-state index contributed by atoms with van der Waals surface area (Å²) in [5, 5.41) is 4.67. The van der Waals surface area contributed by atoms with Crippen LogP contribution in [0, 0.1) is 5.82 Å². The lowest BCUT2D eigenvalue weighted by molar-refractivity contribution is 0.506. The van der Waals surface area contributed by atoms with Crippen LogP contribution in [0.15, 0.2) is 42.5 Å². The molecule has 1 unspecified atom stereocenters. The molecule has 0 aliphatic heterocycles. The van der Waals surface area contributed by atoms with Gasteiger partial charge in [0.1, 0.15) is 5.82 Å². The van der Waals surface area contributed by atoms with Gasteiger partial charge in [-0.3, -0.25) is 0 Å². The van der Waals surface area contributed by atoms with Crippen molar-refractivity contribution in [2.75, 3.05) is 6.54 Å². The Labute approximate surface area is 135 Å². The molecular formula is C17H18Cl2FN. The van der Waals surface area contributed by atoms with Crippen molar-refractivity contribution in [1.29, 1.82) is 0 Å². The van der Waals surface area contributed by atoms with E-state index in [4.69, 9.17) is 23.2 Å². The second-order valence-corrected chi connectivity index (χ2v) is 5.83. The van der Waals surface area contributed by atoms with Gasteiger partial charge in [0.15, 0.2) is 0 Å². The Morgan fingerprint density at radius 1 is 1.05 bits per heavy atom. The fourth-order valence-corrected chi connectivity index (χ4v) is 2.87. The van der Waals surface area contributed by atoms with Crippen LogP contribution >= 0.6 is 23.2 Å². The van der Waals surface area contributed by atoms with E-state index in [0.717, 1.165) is 18.5 Å². The molecule has 2 rings (SSSR count). The van der Waals surface area contributed by atoms with E-state index in [9.17, 15) is 4.39 Å². The largest absolute Gasteiger partial charge is 0.314 e. The summed E-state index contributed by atoms with van der Waals surface area (Å²) in [5.41, 5.74) is 1.73. The van der Waals surface area contributed by atoms with Gasteiger partial charge in [-0.1, -0.05) is 54.4 Å². The van der Waals surface area contributed by atoms with E-state index in [1.54, 1.807) is 12.1 Å². The number of hydrogen-bond donors (Lipinski definition) is 1. The summed E-state index contributed by atoms with van der Waals surface area (Å²) >= 11 is 12.1. The molecule has 0 saturated heterocycles. The van der Waals surface area contributed by atoms with Crippen molar-refractivity contribution >= 4 is 23.2 Å². The van der Waals surface area contributed by atoms with Crippen LogP contribution in [0.2, 0.25) is 10.0 Å². The van der Waals surface area contributed by atoms with E-state index < -0.39 is 0 Å². The number of likely N-dealkylation sites (N-methyl/N-ethyl adjacent to an activating group) is 1. The zero-order valence-electron chi connectivity index (χ0n) is 11.9. The van der Waals surface area contributed by atoms with Crippen molar-refractivity contribution in [3.05, 3.63) is 69.5 Å². The van der Waals surface area contributed by atoms with Crippen LogP contribution in [0.3, 0.4) is 0 Å². The monoisotopic (exact) mass is 325 g/mol. The minimum absolute atomic E-state index is 0.130. The maximum atomic E-state index is 13.8. The van der Waals surface area contributed by atoms with Crippen LogP contribution in [-0.4, -0.2) is 12.6 Å². The number of benzene rings is 2. The maximum Gasteiger partial charge on any atom is 0.126 e. The fourth-order valence-electron chi connectivity index (χ4n) is 2.39. The van der Waals surface area contributed by atoms with Gasteiger partial charge >= 0.3 is 0 Å². The third-order valence-corrected chi connectivity index (χ3v) is 3.99. The van der Waals surface area contributed by atoms with Crippen molar-refractivity contribution in [2.45, 2.75) is 25.8 Å². The summed E-state index contributed by atoms with van der Waals surface area (Å²) in [7, 11) is 0. The predicted molar refractivity (Wildman–Crippen MR) is 87.7 cm³/mol. The lowest BCUT2D eigenvalue weighted by Crippen LogP contribution is -2.33. The lowest BCUT2D eigenvalue weighted by Gasteiger charge is -2.19. The normalized spacial score (nSPS) is 12.4. The van der Waals surface area contributed by atoms with Crippen molar-refractivity contribution in [3.8, 4) is 0 Å². The molecule has 4 heteroatoms. The molecule has 1 nitrogen and oxygen atoms in total. The molecule has 0 spiro atoms. The van der Waals surface area contributed by atoms with Gasteiger partial charge in [-0.05, 0) is 48.7 Å². The Bertz CT molecular complexity index is 601. The van der Waals surface area contributed by atoms with E-state index in [-0.39, 0.29) is 11.9 Å². The second-order valence-electron chi connectivity index (χ2n) is 4.99. The van der Waals surface area contributed by atoms with Gasteiger partial charge in [0.2, 0.25) is 0 Å². The lowest BCUT2D eigenvalue weighted by atomic mass is 9.98. The fraction of sp³-hybridized carbons (Fsp3) is 0.294. The maximum absolute atomic E-state index is 13.8. The van der Waals surface area contributed by atoms with E-state index in [1.807, 2.05) is 31.2 Å². The van der Waals surface area contributed by atoms with Gasteiger partial charge in [-0.15, -0.1) is 0 Å². The molecule has 2 aromatic carbocycles. The van der Waals surface area contributed by atoms with Gasteiger partial charge in [0, 0.05) is 16.1 Å². The summed E-state index contributed by atoms with van der Waals surface area (Å²) in [6, 6.07) is 12.5. The first-order chi connectivity index (χ1) is 10.1. The molecule has 0 fully saturated rings.